The van der Waals surface area contributed by atoms with E-state index < -0.39 is 0 Å². The minimum Gasteiger partial charge on any atom is -0.458 e. The summed E-state index contributed by atoms with van der Waals surface area (Å²) in [5, 5.41) is 0. The van der Waals surface area contributed by atoms with Gasteiger partial charge in [0.25, 0.3) is 0 Å². The van der Waals surface area contributed by atoms with Crippen LogP contribution in [0.2, 0.25) is 0 Å². The average Bonchev–Trinajstić information content (AvgIpc) is 2.26. The molecule has 0 rings (SSSR count). The first-order valence-corrected chi connectivity index (χ1v) is 5.82. The topological polar surface area (TPSA) is 26.3 Å². The molecule has 0 aliphatic heterocycles. The summed E-state index contributed by atoms with van der Waals surface area (Å²) in [5.41, 5.74) is 0.434. The Labute approximate surface area is 98.7 Å². The molecular formula is C14H22O2. The fraction of sp³-hybridized carbons (Fsp3) is 0.500. The first-order chi connectivity index (χ1) is 7.68. The number of esters is 1. The Morgan fingerprint density at radius 3 is 2.56 bits per heavy atom. The molecule has 0 aliphatic rings. The Morgan fingerprint density at radius 2 is 1.94 bits per heavy atom. The van der Waals surface area contributed by atoms with Gasteiger partial charge >= 0.3 is 5.97 Å². The largest absolute Gasteiger partial charge is 0.458 e. The maximum absolute atomic E-state index is 11.0. The van der Waals surface area contributed by atoms with Gasteiger partial charge in [0.2, 0.25) is 0 Å². The predicted octanol–water partition coefficient (Wildman–Crippen LogP) is 3.80. The van der Waals surface area contributed by atoms with Crippen LogP contribution in [0.1, 0.15) is 39.5 Å². The third-order valence-corrected chi connectivity index (χ3v) is 2.02. The van der Waals surface area contributed by atoms with E-state index in [1.165, 1.54) is 19.3 Å². The van der Waals surface area contributed by atoms with E-state index in [0.29, 0.717) is 12.2 Å². The van der Waals surface area contributed by atoms with E-state index in [4.69, 9.17) is 4.74 Å². The molecular weight excluding hydrogens is 200 g/mol. The van der Waals surface area contributed by atoms with Crippen LogP contribution < -0.4 is 0 Å². The van der Waals surface area contributed by atoms with Crippen LogP contribution in [0.5, 0.6) is 0 Å². The zero-order valence-electron chi connectivity index (χ0n) is 10.4. The molecule has 0 N–H and O–H groups in total. The zero-order chi connectivity index (χ0) is 12.2. The predicted molar refractivity (Wildman–Crippen MR) is 68.2 cm³/mol. The van der Waals surface area contributed by atoms with E-state index in [-0.39, 0.29) is 5.97 Å². The number of carbonyl (C=O) groups excluding carboxylic acids is 1. The van der Waals surface area contributed by atoms with Crippen LogP contribution in [0.25, 0.3) is 0 Å². The SMILES string of the molecule is C=C(C)C(=O)OC/C=C/C=C/CCCCC. The Balaban J connectivity index is 3.47. The van der Waals surface area contributed by atoms with Gasteiger partial charge in [0.15, 0.2) is 0 Å². The fourth-order valence-electron chi connectivity index (χ4n) is 1.07. The second kappa shape index (κ2) is 10.2. The van der Waals surface area contributed by atoms with Gasteiger partial charge in [-0.2, -0.15) is 0 Å². The number of hydrogen-bond donors (Lipinski definition) is 0. The lowest BCUT2D eigenvalue weighted by molar-refractivity contribution is -0.137. The van der Waals surface area contributed by atoms with E-state index in [9.17, 15) is 4.79 Å². The molecule has 0 aromatic carbocycles. The Bertz CT molecular complexity index is 262. The van der Waals surface area contributed by atoms with Gasteiger partial charge in [-0.25, -0.2) is 4.79 Å². The lowest BCUT2D eigenvalue weighted by Crippen LogP contribution is -2.04. The molecule has 0 aromatic heterocycles. The molecule has 0 radical (unpaired) electrons. The van der Waals surface area contributed by atoms with Gasteiger partial charge in [-0.15, -0.1) is 0 Å². The van der Waals surface area contributed by atoms with Gasteiger partial charge in [0.05, 0.1) is 0 Å². The van der Waals surface area contributed by atoms with Crippen molar-refractivity contribution in [3.05, 3.63) is 36.5 Å². The van der Waals surface area contributed by atoms with E-state index in [0.717, 1.165) is 6.42 Å². The molecule has 0 saturated heterocycles. The molecule has 0 fully saturated rings. The number of allylic oxidation sites excluding steroid dienone is 3. The van der Waals surface area contributed by atoms with E-state index in [2.05, 4.69) is 19.6 Å². The first kappa shape index (κ1) is 14.7. The van der Waals surface area contributed by atoms with Crippen molar-refractivity contribution >= 4 is 5.97 Å². The summed E-state index contributed by atoms with van der Waals surface area (Å²) in [7, 11) is 0. The number of unbranched alkanes of at least 4 members (excludes halogenated alkanes) is 3. The van der Waals surface area contributed by atoms with E-state index >= 15 is 0 Å². The molecule has 0 amide bonds. The van der Waals surface area contributed by atoms with Crippen molar-refractivity contribution in [2.75, 3.05) is 6.61 Å². The molecule has 0 atom stereocenters. The minimum atomic E-state index is -0.337. The van der Waals surface area contributed by atoms with Gasteiger partial charge in [-0.1, -0.05) is 44.6 Å². The van der Waals surface area contributed by atoms with E-state index in [1.54, 1.807) is 6.92 Å². The molecule has 16 heavy (non-hydrogen) atoms. The van der Waals surface area contributed by atoms with Crippen LogP contribution in [0, 0.1) is 0 Å². The molecule has 0 saturated carbocycles. The van der Waals surface area contributed by atoms with Crippen molar-refractivity contribution in [3.8, 4) is 0 Å². The van der Waals surface area contributed by atoms with Crippen LogP contribution in [0.3, 0.4) is 0 Å². The average molecular weight is 222 g/mol. The van der Waals surface area contributed by atoms with Crippen molar-refractivity contribution < 1.29 is 9.53 Å². The van der Waals surface area contributed by atoms with Crippen molar-refractivity contribution in [1.29, 1.82) is 0 Å². The number of hydrogen-bond acceptors (Lipinski definition) is 2. The van der Waals surface area contributed by atoms with Crippen molar-refractivity contribution in [1.82, 2.24) is 0 Å². The molecule has 0 aliphatic carbocycles. The summed E-state index contributed by atoms with van der Waals surface area (Å²) in [5.74, 6) is -0.337. The Hall–Kier alpha value is -1.31. The van der Waals surface area contributed by atoms with Crippen molar-refractivity contribution in [3.63, 3.8) is 0 Å². The highest BCUT2D eigenvalue weighted by molar-refractivity contribution is 5.86. The van der Waals surface area contributed by atoms with Gasteiger partial charge in [0.1, 0.15) is 6.61 Å². The summed E-state index contributed by atoms with van der Waals surface area (Å²) in [4.78, 5) is 11.0. The summed E-state index contributed by atoms with van der Waals surface area (Å²) >= 11 is 0. The Morgan fingerprint density at radius 1 is 1.25 bits per heavy atom. The standard InChI is InChI=1S/C14H22O2/c1-4-5-6-7-8-9-10-11-12-16-14(15)13(2)3/h8-11H,2,4-7,12H2,1,3H3/b9-8+,11-10+. The van der Waals surface area contributed by atoms with Crippen LogP contribution in [0.15, 0.2) is 36.5 Å². The van der Waals surface area contributed by atoms with Gasteiger partial charge in [0, 0.05) is 5.57 Å². The number of carbonyl (C=O) groups is 1. The molecule has 0 spiro atoms. The highest BCUT2D eigenvalue weighted by Gasteiger charge is 1.99. The van der Waals surface area contributed by atoms with Gasteiger partial charge in [-0.3, -0.25) is 0 Å². The molecule has 0 bridgehead atoms. The van der Waals surface area contributed by atoms with E-state index in [1.807, 2.05) is 18.2 Å². The van der Waals surface area contributed by atoms with Gasteiger partial charge < -0.3 is 4.74 Å². The third-order valence-electron chi connectivity index (χ3n) is 2.02. The molecule has 2 nitrogen and oxygen atoms in total. The second-order valence-corrected chi connectivity index (χ2v) is 3.73. The summed E-state index contributed by atoms with van der Waals surface area (Å²) < 4.78 is 4.89. The fourth-order valence-corrected chi connectivity index (χ4v) is 1.07. The Kier molecular flexibility index (Phi) is 9.38. The van der Waals surface area contributed by atoms with Crippen molar-refractivity contribution in [2.45, 2.75) is 39.5 Å². The maximum Gasteiger partial charge on any atom is 0.333 e. The van der Waals surface area contributed by atoms with Gasteiger partial charge in [-0.05, 0) is 25.8 Å². The highest BCUT2D eigenvalue weighted by atomic mass is 16.5. The second-order valence-electron chi connectivity index (χ2n) is 3.73. The van der Waals surface area contributed by atoms with Crippen LogP contribution >= 0.6 is 0 Å². The smallest absolute Gasteiger partial charge is 0.333 e. The minimum absolute atomic E-state index is 0.311. The zero-order valence-corrected chi connectivity index (χ0v) is 10.4. The lowest BCUT2D eigenvalue weighted by Gasteiger charge is -1.98. The summed E-state index contributed by atoms with van der Waals surface area (Å²) in [6, 6.07) is 0. The first-order valence-electron chi connectivity index (χ1n) is 5.82. The van der Waals surface area contributed by atoms with Crippen molar-refractivity contribution in [2.24, 2.45) is 0 Å². The summed E-state index contributed by atoms with van der Waals surface area (Å²) in [6.45, 7) is 7.64. The summed E-state index contributed by atoms with van der Waals surface area (Å²) in [6.07, 6.45) is 12.7. The molecule has 90 valence electrons. The maximum atomic E-state index is 11.0. The van der Waals surface area contributed by atoms with Crippen LogP contribution in [0.4, 0.5) is 0 Å². The normalized spacial score (nSPS) is 11.1. The monoisotopic (exact) mass is 222 g/mol. The third kappa shape index (κ3) is 9.25. The molecule has 0 heterocycles. The van der Waals surface area contributed by atoms with Crippen LogP contribution in [-0.4, -0.2) is 12.6 Å². The number of rotatable bonds is 8. The molecule has 0 aromatic rings. The number of ether oxygens (including phenoxy) is 1. The van der Waals surface area contributed by atoms with Crippen LogP contribution in [-0.2, 0) is 9.53 Å². The lowest BCUT2D eigenvalue weighted by atomic mass is 10.2. The molecule has 0 unspecified atom stereocenters. The molecule has 2 heteroatoms. The highest BCUT2D eigenvalue weighted by Crippen LogP contribution is 1.99. The quantitative estimate of drug-likeness (QED) is 0.270.